The number of benzene rings is 1. The van der Waals surface area contributed by atoms with Gasteiger partial charge in [-0.15, -0.1) is 11.3 Å². The maximum Gasteiger partial charge on any atom is 0.145 e. The second-order valence-corrected chi connectivity index (χ2v) is 5.11. The summed E-state index contributed by atoms with van der Waals surface area (Å²) in [5.41, 5.74) is 6.10. The topological polar surface area (TPSA) is 35.2 Å². The lowest BCUT2D eigenvalue weighted by Gasteiger charge is -2.07. The lowest BCUT2D eigenvalue weighted by molar-refractivity contribution is 0.310. The average Bonchev–Trinajstić information content (AvgIpc) is 2.66. The van der Waals surface area contributed by atoms with Gasteiger partial charge in [-0.1, -0.05) is 0 Å². The summed E-state index contributed by atoms with van der Waals surface area (Å²) in [6, 6.07) is 6.05. The Bertz CT molecular complexity index is 500. The molecule has 0 aliphatic carbocycles. The van der Waals surface area contributed by atoms with Crippen molar-refractivity contribution in [3.05, 3.63) is 44.8 Å². The summed E-state index contributed by atoms with van der Waals surface area (Å²) in [6.45, 7) is 0.393. The molecule has 0 bridgehead atoms. The third-order valence-electron chi connectivity index (χ3n) is 1.97. The van der Waals surface area contributed by atoms with Crippen molar-refractivity contribution in [3.8, 4) is 5.75 Å². The van der Waals surface area contributed by atoms with Crippen molar-refractivity contribution in [1.29, 1.82) is 0 Å². The first-order valence-electron chi connectivity index (χ1n) is 4.56. The molecule has 5 heteroatoms. The average molecular weight is 302 g/mol. The predicted molar refractivity (Wildman–Crippen MR) is 67.2 cm³/mol. The van der Waals surface area contributed by atoms with Crippen LogP contribution in [0.5, 0.6) is 5.75 Å². The first-order valence-corrected chi connectivity index (χ1v) is 6.23. The highest BCUT2D eigenvalue weighted by molar-refractivity contribution is 9.10. The summed E-state index contributed by atoms with van der Waals surface area (Å²) in [7, 11) is 0. The normalized spacial score (nSPS) is 10.4. The molecule has 0 saturated carbocycles. The molecule has 0 aliphatic rings. The summed E-state index contributed by atoms with van der Waals surface area (Å²) < 4.78 is 19.4. The molecule has 0 atom stereocenters. The fraction of sp³-hybridized carbons (Fsp3) is 0.0909. The Morgan fingerprint density at radius 2 is 2.19 bits per heavy atom. The Labute approximate surface area is 105 Å². The Balaban J connectivity index is 2.07. The smallest absolute Gasteiger partial charge is 0.145 e. The number of hydrogen-bond donors (Lipinski definition) is 1. The molecular formula is C11H9BrFNOS. The SMILES string of the molecule is Nc1ccc(F)cc1OCc1cc(Br)cs1. The van der Waals surface area contributed by atoms with Crippen LogP contribution in [0.2, 0.25) is 0 Å². The number of nitrogens with two attached hydrogens (primary N) is 1. The number of halogens is 2. The Kier molecular flexibility index (Phi) is 3.46. The number of nitrogen functional groups attached to an aromatic ring is 1. The maximum absolute atomic E-state index is 12.9. The van der Waals surface area contributed by atoms with E-state index in [4.69, 9.17) is 10.5 Å². The predicted octanol–water partition coefficient (Wildman–Crippen LogP) is 3.81. The fourth-order valence-electron chi connectivity index (χ4n) is 1.21. The van der Waals surface area contributed by atoms with Crippen molar-refractivity contribution in [2.24, 2.45) is 0 Å². The molecule has 1 aromatic heterocycles. The molecule has 2 rings (SSSR count). The highest BCUT2D eigenvalue weighted by Crippen LogP contribution is 2.25. The van der Waals surface area contributed by atoms with Crippen molar-refractivity contribution < 1.29 is 9.13 Å². The summed E-state index contributed by atoms with van der Waals surface area (Å²) >= 11 is 4.93. The molecule has 0 unspecified atom stereocenters. The quantitative estimate of drug-likeness (QED) is 0.875. The van der Waals surface area contributed by atoms with Crippen LogP contribution in [0.25, 0.3) is 0 Å². The molecule has 16 heavy (non-hydrogen) atoms. The zero-order valence-electron chi connectivity index (χ0n) is 8.24. The van der Waals surface area contributed by atoms with Crippen molar-refractivity contribution in [2.75, 3.05) is 5.73 Å². The molecule has 1 aromatic carbocycles. The van der Waals surface area contributed by atoms with E-state index in [9.17, 15) is 4.39 Å². The van der Waals surface area contributed by atoms with Crippen LogP contribution >= 0.6 is 27.3 Å². The fourth-order valence-corrected chi connectivity index (χ4v) is 2.57. The van der Waals surface area contributed by atoms with Gasteiger partial charge in [-0.2, -0.15) is 0 Å². The van der Waals surface area contributed by atoms with E-state index in [-0.39, 0.29) is 5.82 Å². The minimum Gasteiger partial charge on any atom is -0.486 e. The molecular weight excluding hydrogens is 293 g/mol. The van der Waals surface area contributed by atoms with Gasteiger partial charge in [-0.25, -0.2) is 4.39 Å². The van der Waals surface area contributed by atoms with Crippen LogP contribution in [-0.2, 0) is 6.61 Å². The van der Waals surface area contributed by atoms with E-state index in [0.29, 0.717) is 18.0 Å². The second kappa shape index (κ2) is 4.84. The molecule has 2 aromatic rings. The lowest BCUT2D eigenvalue weighted by atomic mass is 10.3. The van der Waals surface area contributed by atoms with Crippen LogP contribution in [0.15, 0.2) is 34.1 Å². The van der Waals surface area contributed by atoms with Crippen LogP contribution in [0.3, 0.4) is 0 Å². The van der Waals surface area contributed by atoms with Gasteiger partial charge >= 0.3 is 0 Å². The van der Waals surface area contributed by atoms with Gasteiger partial charge in [-0.05, 0) is 34.1 Å². The van der Waals surface area contributed by atoms with Crippen molar-refractivity contribution in [1.82, 2.24) is 0 Å². The number of rotatable bonds is 3. The monoisotopic (exact) mass is 301 g/mol. The zero-order valence-corrected chi connectivity index (χ0v) is 10.6. The maximum atomic E-state index is 12.9. The van der Waals surface area contributed by atoms with Gasteiger partial charge < -0.3 is 10.5 Å². The third-order valence-corrected chi connectivity index (χ3v) is 3.64. The van der Waals surface area contributed by atoms with Gasteiger partial charge in [0.1, 0.15) is 18.2 Å². The van der Waals surface area contributed by atoms with E-state index in [1.807, 2.05) is 11.4 Å². The minimum atomic E-state index is -0.350. The van der Waals surface area contributed by atoms with E-state index >= 15 is 0 Å². The first kappa shape index (κ1) is 11.4. The highest BCUT2D eigenvalue weighted by atomic mass is 79.9. The van der Waals surface area contributed by atoms with Gasteiger partial charge in [0.05, 0.1) is 5.69 Å². The van der Waals surface area contributed by atoms with Gasteiger partial charge in [0, 0.05) is 20.8 Å². The number of ether oxygens (including phenoxy) is 1. The van der Waals surface area contributed by atoms with Crippen LogP contribution in [0.4, 0.5) is 10.1 Å². The molecule has 0 spiro atoms. The van der Waals surface area contributed by atoms with Crippen LogP contribution < -0.4 is 10.5 Å². The van der Waals surface area contributed by atoms with Gasteiger partial charge in [-0.3, -0.25) is 0 Å². The standard InChI is InChI=1S/C11H9BrFNOS/c12-7-3-9(16-6-7)5-15-11-4-8(13)1-2-10(11)14/h1-4,6H,5,14H2. The molecule has 2 N–H and O–H groups in total. The molecule has 0 radical (unpaired) electrons. The summed E-state index contributed by atoms with van der Waals surface area (Å²) in [6.07, 6.45) is 0. The lowest BCUT2D eigenvalue weighted by Crippen LogP contribution is -1.97. The minimum absolute atomic E-state index is 0.350. The van der Waals surface area contributed by atoms with Gasteiger partial charge in [0.15, 0.2) is 0 Å². The summed E-state index contributed by atoms with van der Waals surface area (Å²) in [5.74, 6) is 0.0288. The van der Waals surface area contributed by atoms with Gasteiger partial charge in [0.2, 0.25) is 0 Å². The largest absolute Gasteiger partial charge is 0.486 e. The van der Waals surface area contributed by atoms with E-state index in [0.717, 1.165) is 9.35 Å². The molecule has 84 valence electrons. The summed E-state index contributed by atoms with van der Waals surface area (Å²) in [4.78, 5) is 1.05. The van der Waals surface area contributed by atoms with Gasteiger partial charge in [0.25, 0.3) is 0 Å². The number of anilines is 1. The van der Waals surface area contributed by atoms with Crippen LogP contribution in [0.1, 0.15) is 4.88 Å². The van der Waals surface area contributed by atoms with Crippen LogP contribution in [0, 0.1) is 5.82 Å². The molecule has 1 heterocycles. The molecule has 0 saturated heterocycles. The van der Waals surface area contributed by atoms with Crippen molar-refractivity contribution in [3.63, 3.8) is 0 Å². The first-order chi connectivity index (χ1) is 7.65. The molecule has 2 nitrogen and oxygen atoms in total. The molecule has 0 aliphatic heterocycles. The molecule has 0 amide bonds. The second-order valence-electron chi connectivity index (χ2n) is 3.20. The van der Waals surface area contributed by atoms with E-state index in [2.05, 4.69) is 15.9 Å². The Hall–Kier alpha value is -1.07. The Morgan fingerprint density at radius 3 is 2.88 bits per heavy atom. The van der Waals surface area contributed by atoms with Crippen LogP contribution in [-0.4, -0.2) is 0 Å². The van der Waals surface area contributed by atoms with Crippen molar-refractivity contribution in [2.45, 2.75) is 6.61 Å². The van der Waals surface area contributed by atoms with E-state index in [1.165, 1.54) is 18.2 Å². The number of thiophene rings is 1. The zero-order chi connectivity index (χ0) is 11.5. The van der Waals surface area contributed by atoms with E-state index in [1.54, 1.807) is 11.3 Å². The van der Waals surface area contributed by atoms with E-state index < -0.39 is 0 Å². The third kappa shape index (κ3) is 2.74. The summed E-state index contributed by atoms with van der Waals surface area (Å²) in [5, 5.41) is 1.97. The number of hydrogen-bond acceptors (Lipinski definition) is 3. The van der Waals surface area contributed by atoms with Crippen molar-refractivity contribution >= 4 is 33.0 Å². The highest BCUT2D eigenvalue weighted by Gasteiger charge is 2.04. The molecule has 0 fully saturated rings. The Morgan fingerprint density at radius 1 is 1.38 bits per heavy atom.